The summed E-state index contributed by atoms with van der Waals surface area (Å²) < 4.78 is 0.890. The third-order valence-corrected chi connectivity index (χ3v) is 3.61. The van der Waals surface area contributed by atoms with Gasteiger partial charge in [-0.25, -0.2) is 15.0 Å². The minimum Gasteiger partial charge on any atom is -0.330 e. The van der Waals surface area contributed by atoms with Crippen molar-refractivity contribution in [2.45, 2.75) is 6.42 Å². The summed E-state index contributed by atoms with van der Waals surface area (Å²) in [6.45, 7) is 0.572. The van der Waals surface area contributed by atoms with E-state index in [1.165, 1.54) is 0 Å². The van der Waals surface area contributed by atoms with Gasteiger partial charge in [-0.1, -0.05) is 18.2 Å². The van der Waals surface area contributed by atoms with Gasteiger partial charge < -0.3 is 5.73 Å². The zero-order chi connectivity index (χ0) is 13.9. The summed E-state index contributed by atoms with van der Waals surface area (Å²) in [5.74, 6) is 0.619. The number of aromatic nitrogens is 3. The third kappa shape index (κ3) is 2.55. The SMILES string of the molecule is NCCc1ccnc(-c2nc3ccccc3cc2Br)n1. The summed E-state index contributed by atoms with van der Waals surface area (Å²) in [6, 6.07) is 11.9. The quantitative estimate of drug-likeness (QED) is 0.802. The maximum Gasteiger partial charge on any atom is 0.179 e. The first-order valence-corrected chi connectivity index (χ1v) is 7.15. The molecule has 2 heterocycles. The van der Waals surface area contributed by atoms with Gasteiger partial charge in [-0.3, -0.25) is 0 Å². The summed E-state index contributed by atoms with van der Waals surface area (Å²) in [5.41, 5.74) is 8.18. The van der Waals surface area contributed by atoms with E-state index in [-0.39, 0.29) is 0 Å². The second-order valence-corrected chi connectivity index (χ2v) is 5.28. The van der Waals surface area contributed by atoms with Gasteiger partial charge in [0.25, 0.3) is 0 Å². The molecule has 0 saturated carbocycles. The van der Waals surface area contributed by atoms with Crippen molar-refractivity contribution >= 4 is 26.8 Å². The Morgan fingerprint density at radius 2 is 1.95 bits per heavy atom. The smallest absolute Gasteiger partial charge is 0.179 e. The number of para-hydroxylation sites is 1. The number of pyridine rings is 1. The molecule has 0 spiro atoms. The first-order valence-electron chi connectivity index (χ1n) is 6.35. The maximum absolute atomic E-state index is 5.57. The van der Waals surface area contributed by atoms with E-state index >= 15 is 0 Å². The molecule has 0 saturated heterocycles. The number of halogens is 1. The molecule has 2 aromatic heterocycles. The number of fused-ring (bicyclic) bond motifs is 1. The van der Waals surface area contributed by atoms with E-state index in [0.29, 0.717) is 12.4 Å². The van der Waals surface area contributed by atoms with Crippen LogP contribution >= 0.6 is 15.9 Å². The van der Waals surface area contributed by atoms with E-state index in [9.17, 15) is 0 Å². The van der Waals surface area contributed by atoms with Gasteiger partial charge in [0.05, 0.1) is 5.52 Å². The lowest BCUT2D eigenvalue weighted by atomic mass is 10.2. The van der Waals surface area contributed by atoms with Crippen molar-refractivity contribution in [3.63, 3.8) is 0 Å². The fourth-order valence-corrected chi connectivity index (χ4v) is 2.56. The summed E-state index contributed by atoms with van der Waals surface area (Å²) in [6.07, 6.45) is 2.48. The van der Waals surface area contributed by atoms with Crippen molar-refractivity contribution in [2.24, 2.45) is 5.73 Å². The topological polar surface area (TPSA) is 64.7 Å². The van der Waals surface area contributed by atoms with Crippen LogP contribution in [0.3, 0.4) is 0 Å². The number of nitrogens with two attached hydrogens (primary N) is 1. The molecule has 4 nitrogen and oxygen atoms in total. The summed E-state index contributed by atoms with van der Waals surface area (Å²) in [5, 5.41) is 1.08. The fourth-order valence-electron chi connectivity index (χ4n) is 2.04. The van der Waals surface area contributed by atoms with Gasteiger partial charge in [0.1, 0.15) is 5.69 Å². The standard InChI is InChI=1S/C15H13BrN4/c16-12-9-10-3-1-2-4-13(10)20-14(12)15-18-8-6-11(19-15)5-7-17/h1-4,6,8-9H,5,7,17H2. The Balaban J connectivity index is 2.13. The fraction of sp³-hybridized carbons (Fsp3) is 0.133. The van der Waals surface area contributed by atoms with E-state index in [0.717, 1.165) is 33.2 Å². The van der Waals surface area contributed by atoms with E-state index < -0.39 is 0 Å². The number of rotatable bonds is 3. The molecule has 3 rings (SSSR count). The first kappa shape index (κ1) is 13.1. The zero-order valence-electron chi connectivity index (χ0n) is 10.8. The van der Waals surface area contributed by atoms with Crippen LogP contribution in [0.4, 0.5) is 0 Å². The largest absolute Gasteiger partial charge is 0.330 e. The molecule has 0 unspecified atom stereocenters. The lowest BCUT2D eigenvalue weighted by molar-refractivity contribution is 0.911. The van der Waals surface area contributed by atoms with Crippen molar-refractivity contribution < 1.29 is 0 Å². The van der Waals surface area contributed by atoms with Crippen LogP contribution in [0.25, 0.3) is 22.4 Å². The van der Waals surface area contributed by atoms with E-state index in [1.54, 1.807) is 6.20 Å². The van der Waals surface area contributed by atoms with E-state index in [2.05, 4.69) is 30.9 Å². The molecule has 2 N–H and O–H groups in total. The Morgan fingerprint density at radius 1 is 1.10 bits per heavy atom. The Bertz CT molecular complexity index is 758. The summed E-state index contributed by atoms with van der Waals surface area (Å²) in [7, 11) is 0. The van der Waals surface area contributed by atoms with Crippen molar-refractivity contribution in [1.29, 1.82) is 0 Å². The molecule has 1 aromatic carbocycles. The minimum absolute atomic E-state index is 0.572. The van der Waals surface area contributed by atoms with Crippen LogP contribution in [0.5, 0.6) is 0 Å². The van der Waals surface area contributed by atoms with Crippen molar-refractivity contribution in [1.82, 2.24) is 15.0 Å². The molecule has 0 aliphatic carbocycles. The molecule has 0 amide bonds. The highest BCUT2D eigenvalue weighted by Crippen LogP contribution is 2.27. The number of benzene rings is 1. The molecule has 0 atom stereocenters. The number of hydrogen-bond donors (Lipinski definition) is 1. The van der Waals surface area contributed by atoms with Gasteiger partial charge in [0, 0.05) is 28.2 Å². The van der Waals surface area contributed by atoms with Gasteiger partial charge in [0.15, 0.2) is 5.82 Å². The average Bonchev–Trinajstić information content (AvgIpc) is 2.47. The van der Waals surface area contributed by atoms with Crippen molar-refractivity contribution in [2.75, 3.05) is 6.54 Å². The van der Waals surface area contributed by atoms with Crippen LogP contribution in [-0.4, -0.2) is 21.5 Å². The predicted molar refractivity (Wildman–Crippen MR) is 83.2 cm³/mol. The maximum atomic E-state index is 5.57. The van der Waals surface area contributed by atoms with Gasteiger partial charge in [0.2, 0.25) is 0 Å². The van der Waals surface area contributed by atoms with E-state index in [4.69, 9.17) is 5.73 Å². The highest BCUT2D eigenvalue weighted by atomic mass is 79.9. The first-order chi connectivity index (χ1) is 9.78. The van der Waals surface area contributed by atoms with Crippen LogP contribution in [0.2, 0.25) is 0 Å². The molecule has 100 valence electrons. The normalized spacial score (nSPS) is 10.9. The molecule has 0 bridgehead atoms. The van der Waals surface area contributed by atoms with E-state index in [1.807, 2.05) is 36.4 Å². The third-order valence-electron chi connectivity index (χ3n) is 3.00. The van der Waals surface area contributed by atoms with Gasteiger partial charge >= 0.3 is 0 Å². The van der Waals surface area contributed by atoms with Crippen molar-refractivity contribution in [3.05, 3.63) is 52.8 Å². The monoisotopic (exact) mass is 328 g/mol. The molecule has 0 radical (unpaired) electrons. The summed E-state index contributed by atoms with van der Waals surface area (Å²) >= 11 is 3.55. The van der Waals surface area contributed by atoms with Crippen LogP contribution in [-0.2, 0) is 6.42 Å². The number of nitrogens with zero attached hydrogens (tertiary/aromatic N) is 3. The summed E-state index contributed by atoms with van der Waals surface area (Å²) in [4.78, 5) is 13.5. The van der Waals surface area contributed by atoms with Crippen LogP contribution in [0, 0.1) is 0 Å². The molecule has 0 fully saturated rings. The predicted octanol–water partition coefficient (Wildman–Crippen LogP) is 2.96. The van der Waals surface area contributed by atoms with Gasteiger partial charge in [-0.15, -0.1) is 0 Å². The molecular weight excluding hydrogens is 316 g/mol. The zero-order valence-corrected chi connectivity index (χ0v) is 12.3. The highest BCUT2D eigenvalue weighted by molar-refractivity contribution is 9.10. The van der Waals surface area contributed by atoms with Gasteiger partial charge in [-0.2, -0.15) is 0 Å². The molecule has 5 heteroatoms. The molecule has 0 aliphatic rings. The van der Waals surface area contributed by atoms with Crippen molar-refractivity contribution in [3.8, 4) is 11.5 Å². The van der Waals surface area contributed by atoms with Crippen LogP contribution in [0.15, 0.2) is 47.1 Å². The Labute approximate surface area is 125 Å². The van der Waals surface area contributed by atoms with Crippen LogP contribution < -0.4 is 5.73 Å². The van der Waals surface area contributed by atoms with Crippen LogP contribution in [0.1, 0.15) is 5.69 Å². The second kappa shape index (κ2) is 5.64. The number of hydrogen-bond acceptors (Lipinski definition) is 4. The minimum atomic E-state index is 0.572. The second-order valence-electron chi connectivity index (χ2n) is 4.42. The molecular formula is C15H13BrN4. The average molecular weight is 329 g/mol. The highest BCUT2D eigenvalue weighted by Gasteiger charge is 2.10. The molecule has 0 aliphatic heterocycles. The lowest BCUT2D eigenvalue weighted by Gasteiger charge is -2.06. The Kier molecular flexibility index (Phi) is 3.71. The lowest BCUT2D eigenvalue weighted by Crippen LogP contribution is -2.05. The Hall–Kier alpha value is -1.85. The van der Waals surface area contributed by atoms with Gasteiger partial charge in [-0.05, 0) is 40.7 Å². The Morgan fingerprint density at radius 3 is 2.80 bits per heavy atom. The molecule has 20 heavy (non-hydrogen) atoms. The molecule has 3 aromatic rings.